The van der Waals surface area contributed by atoms with Crippen molar-refractivity contribution in [1.82, 2.24) is 20.5 Å². The number of amides is 2. The highest BCUT2D eigenvalue weighted by Crippen LogP contribution is 2.35. The van der Waals surface area contributed by atoms with Gasteiger partial charge in [0.05, 0.1) is 13.5 Å². The van der Waals surface area contributed by atoms with Gasteiger partial charge in [-0.2, -0.15) is 5.10 Å². The number of alkyl carbamates (subject to hydrolysis) is 1. The van der Waals surface area contributed by atoms with Crippen molar-refractivity contribution in [2.45, 2.75) is 50.5 Å². The van der Waals surface area contributed by atoms with Gasteiger partial charge in [0.15, 0.2) is 5.82 Å². The van der Waals surface area contributed by atoms with Crippen LogP contribution in [0.5, 0.6) is 5.88 Å². The van der Waals surface area contributed by atoms with Crippen LogP contribution in [0.4, 0.5) is 10.6 Å². The second kappa shape index (κ2) is 11.1. The highest BCUT2D eigenvalue weighted by molar-refractivity contribution is 5.91. The number of hydrogen-bond acceptors (Lipinski definition) is 7. The average Bonchev–Trinajstić information content (AvgIpc) is 3.48. The standard InChI is InChI=1S/C23H31N5O5/c1-31-22-11-16(4-7-24-22)10-21(29)26-20-13-19(27-28-20)17-2-3-18(12-17)33-23(30)25-14-15-5-8-32-9-6-15/h4,7,11,13,15,17-18H,2-3,5-6,8-10,12,14H2,1H3,(H,25,30)(H2,26,27,28,29)/t17-,18+/m1/s1. The molecule has 3 N–H and O–H groups in total. The molecular formula is C23H31N5O5. The van der Waals surface area contributed by atoms with E-state index in [0.717, 1.165) is 56.6 Å². The first kappa shape index (κ1) is 23.0. The van der Waals surface area contributed by atoms with E-state index in [0.29, 0.717) is 24.2 Å². The third kappa shape index (κ3) is 6.67. The molecule has 0 aromatic carbocycles. The van der Waals surface area contributed by atoms with Crippen molar-refractivity contribution in [3.63, 3.8) is 0 Å². The van der Waals surface area contributed by atoms with Crippen molar-refractivity contribution < 1.29 is 23.8 Å². The summed E-state index contributed by atoms with van der Waals surface area (Å²) in [4.78, 5) is 28.6. The zero-order valence-electron chi connectivity index (χ0n) is 18.8. The number of ether oxygens (including phenoxy) is 3. The lowest BCUT2D eigenvalue weighted by Crippen LogP contribution is -2.34. The summed E-state index contributed by atoms with van der Waals surface area (Å²) >= 11 is 0. The lowest BCUT2D eigenvalue weighted by molar-refractivity contribution is -0.115. The van der Waals surface area contributed by atoms with Crippen molar-refractivity contribution >= 4 is 17.8 Å². The largest absolute Gasteiger partial charge is 0.481 e. The van der Waals surface area contributed by atoms with E-state index < -0.39 is 0 Å². The molecule has 3 heterocycles. The zero-order chi connectivity index (χ0) is 23.0. The Morgan fingerprint density at radius 2 is 2.06 bits per heavy atom. The van der Waals surface area contributed by atoms with E-state index in [1.54, 1.807) is 18.3 Å². The fraction of sp³-hybridized carbons (Fsp3) is 0.565. The van der Waals surface area contributed by atoms with Gasteiger partial charge in [0.2, 0.25) is 11.8 Å². The van der Waals surface area contributed by atoms with Gasteiger partial charge in [0.1, 0.15) is 6.10 Å². The maximum Gasteiger partial charge on any atom is 0.407 e. The van der Waals surface area contributed by atoms with Crippen molar-refractivity contribution in [3.8, 4) is 5.88 Å². The van der Waals surface area contributed by atoms with E-state index in [9.17, 15) is 9.59 Å². The first-order valence-corrected chi connectivity index (χ1v) is 11.5. The van der Waals surface area contributed by atoms with Crippen LogP contribution in [-0.4, -0.2) is 60.2 Å². The number of pyridine rings is 1. The second-order valence-corrected chi connectivity index (χ2v) is 8.61. The zero-order valence-corrected chi connectivity index (χ0v) is 18.8. The van der Waals surface area contributed by atoms with Crippen LogP contribution in [0.1, 0.15) is 49.3 Å². The third-order valence-corrected chi connectivity index (χ3v) is 6.21. The molecule has 2 aliphatic rings. The predicted molar refractivity (Wildman–Crippen MR) is 120 cm³/mol. The number of rotatable bonds is 8. The third-order valence-electron chi connectivity index (χ3n) is 6.21. The normalized spacial score (nSPS) is 20.9. The van der Waals surface area contributed by atoms with Gasteiger partial charge in [-0.05, 0) is 49.7 Å². The van der Waals surface area contributed by atoms with Crippen LogP contribution in [0, 0.1) is 5.92 Å². The number of methoxy groups -OCH3 is 1. The van der Waals surface area contributed by atoms with E-state index in [2.05, 4.69) is 25.8 Å². The lowest BCUT2D eigenvalue weighted by atomic mass is 10.0. The monoisotopic (exact) mass is 457 g/mol. The Bertz CT molecular complexity index is 943. The minimum atomic E-state index is -0.350. The fourth-order valence-corrected chi connectivity index (χ4v) is 4.36. The van der Waals surface area contributed by atoms with Crippen molar-refractivity contribution in [2.24, 2.45) is 5.92 Å². The number of carbonyl (C=O) groups excluding carboxylic acids is 2. The molecule has 2 fully saturated rings. The molecule has 2 atom stereocenters. The summed E-state index contributed by atoms with van der Waals surface area (Å²) in [6.07, 6.45) is 5.72. The van der Waals surface area contributed by atoms with E-state index in [-0.39, 0.29) is 30.4 Å². The molecule has 2 aromatic heterocycles. The van der Waals surface area contributed by atoms with Crippen LogP contribution in [0.25, 0.3) is 0 Å². The van der Waals surface area contributed by atoms with Gasteiger partial charge in [-0.1, -0.05) is 0 Å². The number of aromatic amines is 1. The molecule has 0 spiro atoms. The van der Waals surface area contributed by atoms with E-state index >= 15 is 0 Å². The number of anilines is 1. The molecule has 4 rings (SSSR count). The molecule has 33 heavy (non-hydrogen) atoms. The fourth-order valence-electron chi connectivity index (χ4n) is 4.36. The minimum Gasteiger partial charge on any atom is -0.481 e. The summed E-state index contributed by atoms with van der Waals surface area (Å²) in [6.45, 7) is 2.15. The summed E-state index contributed by atoms with van der Waals surface area (Å²) in [5.74, 6) is 1.45. The summed E-state index contributed by atoms with van der Waals surface area (Å²) < 4.78 is 16.0. The van der Waals surface area contributed by atoms with Crippen LogP contribution in [0.2, 0.25) is 0 Å². The second-order valence-electron chi connectivity index (χ2n) is 8.61. The first-order chi connectivity index (χ1) is 16.1. The van der Waals surface area contributed by atoms with Gasteiger partial charge < -0.3 is 24.8 Å². The van der Waals surface area contributed by atoms with Crippen molar-refractivity contribution in [1.29, 1.82) is 0 Å². The average molecular weight is 458 g/mol. The van der Waals surface area contributed by atoms with Crippen LogP contribution in [0.15, 0.2) is 24.4 Å². The number of H-pyrrole nitrogens is 1. The molecule has 2 aromatic rings. The Labute approximate surface area is 192 Å². The molecule has 1 aliphatic heterocycles. The molecule has 10 nitrogen and oxygen atoms in total. The van der Waals surface area contributed by atoms with Gasteiger partial charge in [-0.3, -0.25) is 9.89 Å². The molecule has 1 saturated heterocycles. The maximum absolute atomic E-state index is 12.4. The maximum atomic E-state index is 12.4. The van der Waals surface area contributed by atoms with Gasteiger partial charge >= 0.3 is 6.09 Å². The highest BCUT2D eigenvalue weighted by atomic mass is 16.6. The Balaban J connectivity index is 1.20. The smallest absolute Gasteiger partial charge is 0.407 e. The molecule has 178 valence electrons. The van der Waals surface area contributed by atoms with Gasteiger partial charge in [0.25, 0.3) is 0 Å². The van der Waals surface area contributed by atoms with Gasteiger partial charge in [-0.25, -0.2) is 9.78 Å². The molecular weight excluding hydrogens is 426 g/mol. The number of nitrogens with zero attached hydrogens (tertiary/aromatic N) is 2. The minimum absolute atomic E-state index is 0.118. The Morgan fingerprint density at radius 3 is 2.88 bits per heavy atom. The molecule has 2 amide bonds. The molecule has 1 aliphatic carbocycles. The van der Waals surface area contributed by atoms with Crippen LogP contribution >= 0.6 is 0 Å². The molecule has 0 radical (unpaired) electrons. The first-order valence-electron chi connectivity index (χ1n) is 11.5. The van der Waals surface area contributed by atoms with E-state index in [4.69, 9.17) is 14.2 Å². The Hall–Kier alpha value is -3.14. The van der Waals surface area contributed by atoms with Crippen molar-refractivity contribution in [3.05, 3.63) is 35.7 Å². The van der Waals surface area contributed by atoms with Crippen LogP contribution in [-0.2, 0) is 20.7 Å². The Morgan fingerprint density at radius 1 is 1.21 bits per heavy atom. The summed E-state index contributed by atoms with van der Waals surface area (Å²) in [5.41, 5.74) is 1.74. The quantitative estimate of drug-likeness (QED) is 0.556. The summed E-state index contributed by atoms with van der Waals surface area (Å²) in [5, 5.41) is 12.9. The highest BCUT2D eigenvalue weighted by Gasteiger charge is 2.30. The molecule has 0 unspecified atom stereocenters. The van der Waals surface area contributed by atoms with E-state index in [1.165, 1.54) is 7.11 Å². The SMILES string of the molecule is COc1cc(CC(=O)Nc2cc([C@@H]3CC[C@H](OC(=O)NCC4CCOCC4)C3)[nH]n2)ccn1. The van der Waals surface area contributed by atoms with Gasteiger partial charge in [-0.15, -0.1) is 0 Å². The lowest BCUT2D eigenvalue weighted by Gasteiger charge is -2.22. The topological polar surface area (TPSA) is 127 Å². The number of carbonyl (C=O) groups is 2. The molecule has 1 saturated carbocycles. The van der Waals surface area contributed by atoms with E-state index in [1.807, 2.05) is 6.07 Å². The summed E-state index contributed by atoms with van der Waals surface area (Å²) in [7, 11) is 1.54. The predicted octanol–water partition coefficient (Wildman–Crippen LogP) is 2.78. The van der Waals surface area contributed by atoms with Crippen LogP contribution < -0.4 is 15.4 Å². The molecule has 0 bridgehead atoms. The number of nitrogens with one attached hydrogen (secondary N) is 3. The van der Waals surface area contributed by atoms with Crippen molar-refractivity contribution in [2.75, 3.05) is 32.2 Å². The summed E-state index contributed by atoms with van der Waals surface area (Å²) in [6, 6.07) is 5.35. The van der Waals surface area contributed by atoms with Gasteiger partial charge in [0, 0.05) is 49.7 Å². The number of aromatic nitrogens is 3. The number of hydrogen-bond donors (Lipinski definition) is 3. The molecule has 10 heteroatoms. The van der Waals surface area contributed by atoms with Crippen LogP contribution in [0.3, 0.4) is 0 Å². The Kier molecular flexibility index (Phi) is 7.77.